The van der Waals surface area contributed by atoms with Crippen molar-refractivity contribution in [3.63, 3.8) is 0 Å². The quantitative estimate of drug-likeness (QED) is 0.894. The van der Waals surface area contributed by atoms with Gasteiger partial charge in [0.05, 0.1) is 4.47 Å². The van der Waals surface area contributed by atoms with Crippen LogP contribution in [0.1, 0.15) is 12.8 Å². The van der Waals surface area contributed by atoms with Gasteiger partial charge in [-0.1, -0.05) is 0 Å². The summed E-state index contributed by atoms with van der Waals surface area (Å²) in [6.07, 6.45) is 2.02. The predicted molar refractivity (Wildman–Crippen MR) is 61.6 cm³/mol. The Morgan fingerprint density at radius 1 is 1.33 bits per heavy atom. The van der Waals surface area contributed by atoms with E-state index < -0.39 is 0 Å². The van der Waals surface area contributed by atoms with Crippen LogP contribution >= 0.6 is 15.9 Å². The Labute approximate surface area is 96.9 Å². The Hall–Kier alpha value is -0.610. The van der Waals surface area contributed by atoms with E-state index in [9.17, 15) is 4.39 Å². The maximum absolute atomic E-state index is 13.0. The molecule has 4 heteroatoms. The fourth-order valence-electron chi connectivity index (χ4n) is 1.66. The van der Waals surface area contributed by atoms with Gasteiger partial charge in [0.25, 0.3) is 0 Å². The topological polar surface area (TPSA) is 21.3 Å². The van der Waals surface area contributed by atoms with Crippen LogP contribution in [0.15, 0.2) is 22.7 Å². The molecule has 0 spiro atoms. The number of rotatable bonds is 2. The van der Waals surface area contributed by atoms with E-state index in [4.69, 9.17) is 4.74 Å². The number of hydrogen-bond acceptors (Lipinski definition) is 2. The van der Waals surface area contributed by atoms with E-state index in [2.05, 4.69) is 21.2 Å². The minimum absolute atomic E-state index is 0.229. The van der Waals surface area contributed by atoms with Crippen molar-refractivity contribution in [1.82, 2.24) is 0 Å². The van der Waals surface area contributed by atoms with Gasteiger partial charge in [0.2, 0.25) is 0 Å². The van der Waals surface area contributed by atoms with Gasteiger partial charge in [-0.05, 0) is 47.0 Å². The lowest BCUT2D eigenvalue weighted by Gasteiger charge is -2.24. The van der Waals surface area contributed by atoms with Crippen molar-refractivity contribution in [2.45, 2.75) is 18.9 Å². The van der Waals surface area contributed by atoms with Crippen molar-refractivity contribution in [2.75, 3.05) is 18.5 Å². The van der Waals surface area contributed by atoms with Crippen molar-refractivity contribution in [2.24, 2.45) is 0 Å². The minimum Gasteiger partial charge on any atom is -0.382 e. The van der Waals surface area contributed by atoms with Crippen molar-refractivity contribution in [3.8, 4) is 0 Å². The van der Waals surface area contributed by atoms with Crippen LogP contribution in [0.2, 0.25) is 0 Å². The zero-order valence-electron chi connectivity index (χ0n) is 8.30. The summed E-state index contributed by atoms with van der Waals surface area (Å²) in [6, 6.07) is 5.43. The van der Waals surface area contributed by atoms with Crippen LogP contribution in [0, 0.1) is 5.82 Å². The Morgan fingerprint density at radius 2 is 2.07 bits per heavy atom. The first-order valence-corrected chi connectivity index (χ1v) is 5.84. The molecule has 1 N–H and O–H groups in total. The highest BCUT2D eigenvalue weighted by molar-refractivity contribution is 9.10. The van der Waals surface area contributed by atoms with Gasteiger partial charge in [0, 0.05) is 24.9 Å². The van der Waals surface area contributed by atoms with Gasteiger partial charge >= 0.3 is 0 Å². The molecule has 0 amide bonds. The van der Waals surface area contributed by atoms with E-state index in [1.807, 2.05) is 0 Å². The third-order valence-electron chi connectivity index (χ3n) is 2.51. The second-order valence-electron chi connectivity index (χ2n) is 3.66. The molecule has 1 aliphatic heterocycles. The molecule has 0 atom stereocenters. The van der Waals surface area contributed by atoms with E-state index >= 15 is 0 Å². The molecule has 1 aliphatic rings. The summed E-state index contributed by atoms with van der Waals surface area (Å²) >= 11 is 3.17. The molecule has 0 bridgehead atoms. The van der Waals surface area contributed by atoms with E-state index in [0.29, 0.717) is 10.5 Å². The Bertz CT molecular complexity index is 339. The zero-order chi connectivity index (χ0) is 10.7. The van der Waals surface area contributed by atoms with Crippen LogP contribution in [-0.4, -0.2) is 19.3 Å². The second kappa shape index (κ2) is 4.94. The third-order valence-corrected chi connectivity index (χ3v) is 3.12. The summed E-state index contributed by atoms with van der Waals surface area (Å²) in [6.45, 7) is 1.61. The van der Waals surface area contributed by atoms with Gasteiger partial charge in [0.1, 0.15) is 5.82 Å². The summed E-state index contributed by atoms with van der Waals surface area (Å²) in [7, 11) is 0. The van der Waals surface area contributed by atoms with Gasteiger partial charge in [-0.3, -0.25) is 0 Å². The van der Waals surface area contributed by atoms with E-state index in [-0.39, 0.29) is 5.82 Å². The molecule has 0 unspecified atom stereocenters. The highest BCUT2D eigenvalue weighted by Gasteiger charge is 2.13. The average molecular weight is 274 g/mol. The molecule has 1 aromatic carbocycles. The van der Waals surface area contributed by atoms with Gasteiger partial charge in [-0.15, -0.1) is 0 Å². The number of hydrogen-bond donors (Lipinski definition) is 1. The number of nitrogens with one attached hydrogen (secondary N) is 1. The Morgan fingerprint density at radius 3 is 2.73 bits per heavy atom. The number of anilines is 1. The number of benzene rings is 1. The molecule has 0 radical (unpaired) electrons. The largest absolute Gasteiger partial charge is 0.382 e. The molecule has 15 heavy (non-hydrogen) atoms. The lowest BCUT2D eigenvalue weighted by Crippen LogP contribution is -2.27. The van der Waals surface area contributed by atoms with Crippen LogP contribution < -0.4 is 5.32 Å². The standard InChI is InChI=1S/C11H13BrFNO/c12-10-7-9(1-2-11(10)13)14-8-3-5-15-6-4-8/h1-2,7-8,14H,3-6H2. The van der Waals surface area contributed by atoms with Crippen LogP contribution in [0.25, 0.3) is 0 Å². The molecular weight excluding hydrogens is 261 g/mol. The van der Waals surface area contributed by atoms with E-state index in [1.54, 1.807) is 12.1 Å². The summed E-state index contributed by atoms with van der Waals surface area (Å²) in [5.74, 6) is -0.229. The molecule has 0 aliphatic carbocycles. The van der Waals surface area contributed by atoms with Gasteiger partial charge in [-0.2, -0.15) is 0 Å². The molecule has 2 rings (SSSR count). The van der Waals surface area contributed by atoms with Crippen molar-refractivity contribution in [1.29, 1.82) is 0 Å². The Balaban J connectivity index is 2.00. The van der Waals surface area contributed by atoms with Gasteiger partial charge in [0.15, 0.2) is 0 Å². The zero-order valence-corrected chi connectivity index (χ0v) is 9.89. The maximum atomic E-state index is 13.0. The highest BCUT2D eigenvalue weighted by atomic mass is 79.9. The number of halogens is 2. The summed E-state index contributed by atoms with van der Waals surface area (Å²) in [5.41, 5.74) is 0.954. The highest BCUT2D eigenvalue weighted by Crippen LogP contribution is 2.22. The van der Waals surface area contributed by atoms with E-state index in [1.165, 1.54) is 6.07 Å². The third kappa shape index (κ3) is 2.92. The van der Waals surface area contributed by atoms with Gasteiger partial charge < -0.3 is 10.1 Å². The summed E-state index contributed by atoms with van der Waals surface area (Å²) in [5, 5.41) is 3.37. The molecule has 1 fully saturated rings. The fraction of sp³-hybridized carbons (Fsp3) is 0.455. The average Bonchev–Trinajstić information content (AvgIpc) is 2.25. The van der Waals surface area contributed by atoms with Crippen LogP contribution in [0.3, 0.4) is 0 Å². The van der Waals surface area contributed by atoms with Crippen molar-refractivity contribution < 1.29 is 9.13 Å². The molecule has 1 heterocycles. The first-order chi connectivity index (χ1) is 7.25. The molecule has 0 saturated carbocycles. The predicted octanol–water partition coefficient (Wildman–Crippen LogP) is 3.18. The first kappa shape index (κ1) is 10.9. The normalized spacial score (nSPS) is 17.7. The van der Waals surface area contributed by atoms with Crippen molar-refractivity contribution >= 4 is 21.6 Å². The molecule has 0 aromatic heterocycles. The van der Waals surface area contributed by atoms with E-state index in [0.717, 1.165) is 31.7 Å². The SMILES string of the molecule is Fc1ccc(NC2CCOCC2)cc1Br. The molecule has 2 nitrogen and oxygen atoms in total. The lowest BCUT2D eigenvalue weighted by molar-refractivity contribution is 0.0904. The molecular formula is C11H13BrFNO. The molecule has 82 valence electrons. The monoisotopic (exact) mass is 273 g/mol. The smallest absolute Gasteiger partial charge is 0.137 e. The fourth-order valence-corrected chi connectivity index (χ4v) is 2.04. The van der Waals surface area contributed by atoms with Crippen molar-refractivity contribution in [3.05, 3.63) is 28.5 Å². The van der Waals surface area contributed by atoms with Crippen LogP contribution in [-0.2, 0) is 4.74 Å². The number of ether oxygens (including phenoxy) is 1. The minimum atomic E-state index is -0.229. The molecule has 1 aromatic rings. The van der Waals surface area contributed by atoms with Gasteiger partial charge in [-0.25, -0.2) is 4.39 Å². The lowest BCUT2D eigenvalue weighted by atomic mass is 10.1. The van der Waals surface area contributed by atoms with Crippen LogP contribution in [0.4, 0.5) is 10.1 Å². The van der Waals surface area contributed by atoms with Crippen LogP contribution in [0.5, 0.6) is 0 Å². The Kier molecular flexibility index (Phi) is 3.59. The maximum Gasteiger partial charge on any atom is 0.137 e. The second-order valence-corrected chi connectivity index (χ2v) is 4.51. The summed E-state index contributed by atoms with van der Waals surface area (Å²) in [4.78, 5) is 0. The first-order valence-electron chi connectivity index (χ1n) is 5.05. The molecule has 1 saturated heterocycles. The summed E-state index contributed by atoms with van der Waals surface area (Å²) < 4.78 is 18.8.